The van der Waals surface area contributed by atoms with Gasteiger partial charge < -0.3 is 15.2 Å². The summed E-state index contributed by atoms with van der Waals surface area (Å²) in [7, 11) is 1.72. The highest BCUT2D eigenvalue weighted by Gasteiger charge is 2.17. The second-order valence-electron chi connectivity index (χ2n) is 5.90. The molecular weight excluding hydrogens is 286 g/mol. The van der Waals surface area contributed by atoms with E-state index < -0.39 is 0 Å². The molecule has 2 rings (SSSR count). The van der Waals surface area contributed by atoms with Crippen molar-refractivity contribution >= 4 is 0 Å². The number of hydrogen-bond donors (Lipinski definition) is 1. The fourth-order valence-electron chi connectivity index (χ4n) is 2.84. The van der Waals surface area contributed by atoms with Crippen LogP contribution < -0.4 is 15.2 Å². The van der Waals surface area contributed by atoms with E-state index in [4.69, 9.17) is 15.2 Å². The summed E-state index contributed by atoms with van der Waals surface area (Å²) in [5.74, 6) is 2.05. The summed E-state index contributed by atoms with van der Waals surface area (Å²) < 4.78 is 11.2. The van der Waals surface area contributed by atoms with Crippen LogP contribution in [0.3, 0.4) is 0 Å². The molecule has 0 aliphatic carbocycles. The first-order valence-electron chi connectivity index (χ1n) is 8.16. The van der Waals surface area contributed by atoms with E-state index >= 15 is 0 Å². The van der Waals surface area contributed by atoms with Crippen LogP contribution >= 0.6 is 0 Å². The van der Waals surface area contributed by atoms with Crippen molar-refractivity contribution in [1.82, 2.24) is 0 Å². The second-order valence-corrected chi connectivity index (χ2v) is 5.90. The Kier molecular flexibility index (Phi) is 6.05. The average Bonchev–Trinajstić information content (AvgIpc) is 2.55. The van der Waals surface area contributed by atoms with Gasteiger partial charge >= 0.3 is 0 Å². The third kappa shape index (κ3) is 4.26. The molecule has 2 aromatic carbocycles. The average molecular weight is 313 g/mol. The number of ether oxygens (including phenoxy) is 2. The Bertz CT molecular complexity index is 652. The lowest BCUT2D eigenvalue weighted by molar-refractivity contribution is 0.340. The molecule has 1 atom stereocenters. The first-order valence-corrected chi connectivity index (χ1v) is 8.16. The van der Waals surface area contributed by atoms with Gasteiger partial charge in [0.2, 0.25) is 0 Å². The second kappa shape index (κ2) is 8.02. The lowest BCUT2D eigenvalue weighted by atomic mass is 9.89. The zero-order chi connectivity index (χ0) is 16.8. The Hall–Kier alpha value is -2.00. The summed E-state index contributed by atoms with van der Waals surface area (Å²) in [6.45, 7) is 7.48. The molecule has 3 nitrogen and oxygen atoms in total. The molecule has 2 N–H and O–H groups in total. The van der Waals surface area contributed by atoms with Crippen LogP contribution in [-0.4, -0.2) is 20.3 Å². The predicted molar refractivity (Wildman–Crippen MR) is 95.6 cm³/mol. The number of benzene rings is 2. The van der Waals surface area contributed by atoms with E-state index in [1.54, 1.807) is 7.11 Å². The Morgan fingerprint density at radius 2 is 1.83 bits per heavy atom. The SMILES string of the molecule is CCOc1cccc(CC(CN)c2cc(C)c(C)cc2OC)c1. The Morgan fingerprint density at radius 1 is 1.09 bits per heavy atom. The van der Waals surface area contributed by atoms with E-state index in [1.807, 2.05) is 19.1 Å². The van der Waals surface area contributed by atoms with Crippen molar-refractivity contribution in [3.63, 3.8) is 0 Å². The van der Waals surface area contributed by atoms with Gasteiger partial charge in [0.25, 0.3) is 0 Å². The van der Waals surface area contributed by atoms with Crippen LogP contribution in [0.25, 0.3) is 0 Å². The van der Waals surface area contributed by atoms with Gasteiger partial charge in [0.15, 0.2) is 0 Å². The molecule has 3 heteroatoms. The molecule has 0 bridgehead atoms. The van der Waals surface area contributed by atoms with Crippen molar-refractivity contribution in [3.8, 4) is 11.5 Å². The van der Waals surface area contributed by atoms with Gasteiger partial charge in [-0.05, 0) is 74.2 Å². The summed E-state index contributed by atoms with van der Waals surface area (Å²) in [6.07, 6.45) is 0.871. The molecule has 0 saturated heterocycles. The van der Waals surface area contributed by atoms with E-state index in [-0.39, 0.29) is 5.92 Å². The highest BCUT2D eigenvalue weighted by Crippen LogP contribution is 2.32. The maximum atomic E-state index is 6.07. The van der Waals surface area contributed by atoms with Gasteiger partial charge in [-0.25, -0.2) is 0 Å². The summed E-state index contributed by atoms with van der Waals surface area (Å²) in [6, 6.07) is 12.5. The monoisotopic (exact) mass is 313 g/mol. The van der Waals surface area contributed by atoms with Gasteiger partial charge in [0, 0.05) is 5.92 Å². The molecular formula is C20H27NO2. The van der Waals surface area contributed by atoms with Crippen molar-refractivity contribution in [1.29, 1.82) is 0 Å². The molecule has 0 fully saturated rings. The van der Waals surface area contributed by atoms with Crippen molar-refractivity contribution in [3.05, 3.63) is 58.7 Å². The van der Waals surface area contributed by atoms with Gasteiger partial charge in [-0.15, -0.1) is 0 Å². The molecule has 23 heavy (non-hydrogen) atoms. The first-order chi connectivity index (χ1) is 11.1. The van der Waals surface area contributed by atoms with Gasteiger partial charge in [0.1, 0.15) is 11.5 Å². The molecule has 0 aliphatic rings. The van der Waals surface area contributed by atoms with Crippen LogP contribution in [0.1, 0.15) is 35.1 Å². The molecule has 1 unspecified atom stereocenters. The summed E-state index contributed by atoms with van der Waals surface area (Å²) in [5, 5.41) is 0. The van der Waals surface area contributed by atoms with Gasteiger partial charge in [0.05, 0.1) is 13.7 Å². The fraction of sp³-hybridized carbons (Fsp3) is 0.400. The van der Waals surface area contributed by atoms with Crippen LogP contribution in [-0.2, 0) is 6.42 Å². The quantitative estimate of drug-likeness (QED) is 0.840. The minimum Gasteiger partial charge on any atom is -0.496 e. The minimum atomic E-state index is 0.223. The highest BCUT2D eigenvalue weighted by atomic mass is 16.5. The van der Waals surface area contributed by atoms with Crippen molar-refractivity contribution in [2.75, 3.05) is 20.3 Å². The van der Waals surface area contributed by atoms with E-state index in [2.05, 4.69) is 38.1 Å². The highest BCUT2D eigenvalue weighted by molar-refractivity contribution is 5.44. The van der Waals surface area contributed by atoms with Crippen LogP contribution in [0.15, 0.2) is 36.4 Å². The standard InChI is InChI=1S/C20H27NO2/c1-5-23-18-8-6-7-16(12-18)11-17(13-21)19-9-14(2)15(3)10-20(19)22-4/h6-10,12,17H,5,11,13,21H2,1-4H3. The van der Waals surface area contributed by atoms with Crippen LogP contribution in [0.2, 0.25) is 0 Å². The lowest BCUT2D eigenvalue weighted by Gasteiger charge is -2.20. The Morgan fingerprint density at radius 3 is 2.48 bits per heavy atom. The normalized spacial score (nSPS) is 12.0. The number of aryl methyl sites for hydroxylation is 2. The zero-order valence-electron chi connectivity index (χ0n) is 14.6. The van der Waals surface area contributed by atoms with Gasteiger partial charge in [-0.3, -0.25) is 0 Å². The maximum absolute atomic E-state index is 6.07. The van der Waals surface area contributed by atoms with Crippen molar-refractivity contribution in [2.45, 2.75) is 33.1 Å². The molecule has 0 saturated carbocycles. The van der Waals surface area contributed by atoms with E-state index in [0.29, 0.717) is 13.2 Å². The van der Waals surface area contributed by atoms with E-state index in [0.717, 1.165) is 17.9 Å². The molecule has 0 spiro atoms. The maximum Gasteiger partial charge on any atom is 0.122 e. The van der Waals surface area contributed by atoms with Crippen LogP contribution in [0.4, 0.5) is 0 Å². The third-order valence-corrected chi connectivity index (χ3v) is 4.26. The predicted octanol–water partition coefficient (Wildman–Crippen LogP) is 4.00. The topological polar surface area (TPSA) is 44.5 Å². The Balaban J connectivity index is 2.30. The van der Waals surface area contributed by atoms with E-state index in [1.165, 1.54) is 22.3 Å². The van der Waals surface area contributed by atoms with Crippen LogP contribution in [0, 0.1) is 13.8 Å². The number of nitrogens with two attached hydrogens (primary N) is 1. The lowest BCUT2D eigenvalue weighted by Crippen LogP contribution is -2.16. The van der Waals surface area contributed by atoms with Gasteiger partial charge in [-0.1, -0.05) is 18.2 Å². The molecule has 0 aromatic heterocycles. The summed E-state index contributed by atoms with van der Waals surface area (Å²) >= 11 is 0. The smallest absolute Gasteiger partial charge is 0.122 e. The molecule has 0 heterocycles. The molecule has 0 amide bonds. The number of methoxy groups -OCH3 is 1. The Labute approximate surface area is 139 Å². The molecule has 0 radical (unpaired) electrons. The zero-order valence-corrected chi connectivity index (χ0v) is 14.6. The summed E-state index contributed by atoms with van der Waals surface area (Å²) in [5.41, 5.74) is 11.0. The number of rotatable bonds is 7. The minimum absolute atomic E-state index is 0.223. The van der Waals surface area contributed by atoms with Crippen molar-refractivity contribution < 1.29 is 9.47 Å². The fourth-order valence-corrected chi connectivity index (χ4v) is 2.84. The summed E-state index contributed by atoms with van der Waals surface area (Å²) in [4.78, 5) is 0. The van der Waals surface area contributed by atoms with Gasteiger partial charge in [-0.2, -0.15) is 0 Å². The molecule has 0 aliphatic heterocycles. The number of hydrogen-bond acceptors (Lipinski definition) is 3. The molecule has 124 valence electrons. The molecule has 2 aromatic rings. The largest absolute Gasteiger partial charge is 0.496 e. The van der Waals surface area contributed by atoms with E-state index in [9.17, 15) is 0 Å². The third-order valence-electron chi connectivity index (χ3n) is 4.26. The van der Waals surface area contributed by atoms with Crippen LogP contribution in [0.5, 0.6) is 11.5 Å². The van der Waals surface area contributed by atoms with Crippen molar-refractivity contribution in [2.24, 2.45) is 5.73 Å². The first kappa shape index (κ1) is 17.4.